The minimum atomic E-state index is -2.92. The topological polar surface area (TPSA) is 84.0 Å². The SMILES string of the molecule is CCC(CC)(NC(=O)Oc1ccc(N2CC(F)(F)C2)c(OCC2CC2)n1)C(=O)N1CC(F)(F)C1. The quantitative estimate of drug-likeness (QED) is 0.536. The minimum Gasteiger partial charge on any atom is -0.476 e. The fraction of sp³-hybridized carbons (Fsp3) is 0.682. The van der Waals surface area contributed by atoms with Gasteiger partial charge in [0.2, 0.25) is 17.7 Å². The molecule has 0 unspecified atom stereocenters. The van der Waals surface area contributed by atoms with Gasteiger partial charge in [-0.1, -0.05) is 13.8 Å². The fourth-order valence-electron chi connectivity index (χ4n) is 4.04. The predicted molar refractivity (Wildman–Crippen MR) is 114 cm³/mol. The third kappa shape index (κ3) is 5.15. The van der Waals surface area contributed by atoms with Crippen LogP contribution in [0.2, 0.25) is 0 Å². The first kappa shape index (κ1) is 24.3. The van der Waals surface area contributed by atoms with Crippen molar-refractivity contribution in [3.63, 3.8) is 0 Å². The lowest BCUT2D eigenvalue weighted by atomic mass is 9.89. The lowest BCUT2D eigenvalue weighted by Gasteiger charge is -2.44. The van der Waals surface area contributed by atoms with Crippen molar-refractivity contribution >= 4 is 17.7 Å². The van der Waals surface area contributed by atoms with Crippen molar-refractivity contribution in [2.45, 2.75) is 56.9 Å². The molecule has 0 atom stereocenters. The Labute approximate surface area is 194 Å². The van der Waals surface area contributed by atoms with Gasteiger partial charge in [-0.25, -0.2) is 22.4 Å². The number of aromatic nitrogens is 1. The van der Waals surface area contributed by atoms with Gasteiger partial charge in [-0.2, -0.15) is 4.98 Å². The summed E-state index contributed by atoms with van der Waals surface area (Å²) >= 11 is 0. The fourth-order valence-corrected chi connectivity index (χ4v) is 4.04. The van der Waals surface area contributed by atoms with Crippen LogP contribution in [-0.4, -0.2) is 72.1 Å². The maximum atomic E-state index is 13.3. The smallest absolute Gasteiger partial charge is 0.414 e. The van der Waals surface area contributed by atoms with Crippen molar-refractivity contribution in [1.29, 1.82) is 0 Å². The Morgan fingerprint density at radius 3 is 2.24 bits per heavy atom. The maximum Gasteiger partial charge on any atom is 0.414 e. The molecule has 2 aliphatic heterocycles. The molecule has 4 rings (SSSR count). The Morgan fingerprint density at radius 1 is 1.09 bits per heavy atom. The summed E-state index contributed by atoms with van der Waals surface area (Å²) in [5.74, 6) is -5.97. The van der Waals surface area contributed by atoms with Crippen molar-refractivity contribution < 1.29 is 36.6 Å². The number of likely N-dealkylation sites (tertiary alicyclic amines) is 1. The molecule has 3 aliphatic rings. The molecule has 3 fully saturated rings. The molecular weight excluding hydrogens is 460 g/mol. The van der Waals surface area contributed by atoms with Crippen molar-refractivity contribution in [2.75, 3.05) is 37.7 Å². The number of carbonyl (C=O) groups excluding carboxylic acids is 2. The van der Waals surface area contributed by atoms with Gasteiger partial charge in [0.05, 0.1) is 32.8 Å². The lowest BCUT2D eigenvalue weighted by molar-refractivity contribution is -0.172. The number of nitrogens with zero attached hydrogens (tertiary/aromatic N) is 3. The molecule has 1 aromatic heterocycles. The number of halogens is 4. The van der Waals surface area contributed by atoms with Crippen LogP contribution in [0.5, 0.6) is 11.8 Å². The number of ether oxygens (including phenoxy) is 2. The molecule has 2 saturated heterocycles. The predicted octanol–water partition coefficient (Wildman–Crippen LogP) is 3.45. The van der Waals surface area contributed by atoms with E-state index in [2.05, 4.69) is 10.3 Å². The number of pyridine rings is 1. The zero-order chi connectivity index (χ0) is 24.7. The summed E-state index contributed by atoms with van der Waals surface area (Å²) in [6.07, 6.45) is 1.40. The second-order valence-corrected chi connectivity index (χ2v) is 9.26. The van der Waals surface area contributed by atoms with Gasteiger partial charge in [-0.3, -0.25) is 4.79 Å². The van der Waals surface area contributed by atoms with E-state index in [-0.39, 0.29) is 24.6 Å². The van der Waals surface area contributed by atoms with E-state index in [4.69, 9.17) is 9.47 Å². The van der Waals surface area contributed by atoms with Gasteiger partial charge in [0.15, 0.2) is 0 Å². The van der Waals surface area contributed by atoms with Crippen molar-refractivity contribution in [2.24, 2.45) is 5.92 Å². The van der Waals surface area contributed by atoms with Crippen LogP contribution >= 0.6 is 0 Å². The Balaban J connectivity index is 1.44. The van der Waals surface area contributed by atoms with Gasteiger partial charge in [0.25, 0.3) is 11.8 Å². The third-order valence-corrected chi connectivity index (χ3v) is 6.44. The molecule has 1 saturated carbocycles. The van der Waals surface area contributed by atoms with Crippen LogP contribution in [0.3, 0.4) is 0 Å². The number of carbonyl (C=O) groups is 2. The van der Waals surface area contributed by atoms with Gasteiger partial charge in [-0.15, -0.1) is 0 Å². The largest absolute Gasteiger partial charge is 0.476 e. The molecular formula is C22H28F4N4O4. The van der Waals surface area contributed by atoms with E-state index in [1.807, 2.05) is 0 Å². The van der Waals surface area contributed by atoms with Crippen LogP contribution in [0.1, 0.15) is 39.5 Å². The van der Waals surface area contributed by atoms with Gasteiger partial charge in [0.1, 0.15) is 11.2 Å². The number of hydrogen-bond acceptors (Lipinski definition) is 6. The Kier molecular flexibility index (Phi) is 6.28. The van der Waals surface area contributed by atoms with Gasteiger partial charge in [0, 0.05) is 6.07 Å². The van der Waals surface area contributed by atoms with Crippen LogP contribution in [0.25, 0.3) is 0 Å². The Hall–Kier alpha value is -2.79. The molecule has 8 nitrogen and oxygen atoms in total. The summed E-state index contributed by atoms with van der Waals surface area (Å²) in [5.41, 5.74) is -1.02. The molecule has 0 bridgehead atoms. The molecule has 2 amide bonds. The number of anilines is 1. The first-order valence-electron chi connectivity index (χ1n) is 11.4. The molecule has 1 aliphatic carbocycles. The zero-order valence-electron chi connectivity index (χ0n) is 19.1. The van der Waals surface area contributed by atoms with Crippen LogP contribution in [0.15, 0.2) is 12.1 Å². The van der Waals surface area contributed by atoms with E-state index in [1.54, 1.807) is 13.8 Å². The molecule has 3 heterocycles. The number of amides is 2. The second kappa shape index (κ2) is 8.77. The Morgan fingerprint density at radius 2 is 1.71 bits per heavy atom. The third-order valence-electron chi connectivity index (χ3n) is 6.44. The summed E-state index contributed by atoms with van der Waals surface area (Å²) in [6.45, 7) is 1.42. The van der Waals surface area contributed by atoms with E-state index < -0.39 is 55.6 Å². The summed E-state index contributed by atoms with van der Waals surface area (Å²) in [4.78, 5) is 32.1. The number of alkyl halides is 4. The highest BCUT2D eigenvalue weighted by atomic mass is 19.3. The summed E-state index contributed by atoms with van der Waals surface area (Å²) < 4.78 is 64.2. The summed E-state index contributed by atoms with van der Waals surface area (Å²) in [6, 6.07) is 2.85. The molecule has 0 spiro atoms. The summed E-state index contributed by atoms with van der Waals surface area (Å²) in [7, 11) is 0. The van der Waals surface area contributed by atoms with Gasteiger partial charge < -0.3 is 24.6 Å². The van der Waals surface area contributed by atoms with Crippen molar-refractivity contribution in [3.8, 4) is 11.8 Å². The highest BCUT2D eigenvalue weighted by Gasteiger charge is 2.51. The summed E-state index contributed by atoms with van der Waals surface area (Å²) in [5, 5.41) is 2.52. The van der Waals surface area contributed by atoms with E-state index in [0.29, 0.717) is 18.2 Å². The molecule has 34 heavy (non-hydrogen) atoms. The lowest BCUT2D eigenvalue weighted by Crippen LogP contribution is -2.67. The highest BCUT2D eigenvalue weighted by Crippen LogP contribution is 2.39. The molecule has 1 aromatic rings. The second-order valence-electron chi connectivity index (χ2n) is 9.26. The first-order chi connectivity index (χ1) is 16.0. The average molecular weight is 488 g/mol. The number of hydrogen-bond donors (Lipinski definition) is 1. The molecule has 188 valence electrons. The highest BCUT2D eigenvalue weighted by molar-refractivity contribution is 5.91. The average Bonchev–Trinajstić information content (AvgIpc) is 3.57. The maximum absolute atomic E-state index is 13.3. The molecule has 0 aromatic carbocycles. The van der Waals surface area contributed by atoms with Crippen LogP contribution in [-0.2, 0) is 4.79 Å². The van der Waals surface area contributed by atoms with Gasteiger partial charge >= 0.3 is 6.09 Å². The Bertz CT molecular complexity index is 937. The molecule has 12 heteroatoms. The zero-order valence-corrected chi connectivity index (χ0v) is 19.1. The normalized spacial score (nSPS) is 20.8. The van der Waals surface area contributed by atoms with Crippen LogP contribution in [0, 0.1) is 5.92 Å². The monoisotopic (exact) mass is 488 g/mol. The number of rotatable bonds is 9. The van der Waals surface area contributed by atoms with Crippen molar-refractivity contribution in [1.82, 2.24) is 15.2 Å². The first-order valence-corrected chi connectivity index (χ1v) is 11.4. The molecule has 1 N–H and O–H groups in total. The van der Waals surface area contributed by atoms with E-state index in [9.17, 15) is 27.2 Å². The minimum absolute atomic E-state index is 0.0869. The van der Waals surface area contributed by atoms with E-state index >= 15 is 0 Å². The van der Waals surface area contributed by atoms with Gasteiger partial charge in [-0.05, 0) is 37.7 Å². The van der Waals surface area contributed by atoms with Crippen LogP contribution < -0.4 is 19.7 Å². The van der Waals surface area contributed by atoms with E-state index in [0.717, 1.165) is 17.7 Å². The van der Waals surface area contributed by atoms with Crippen molar-refractivity contribution in [3.05, 3.63) is 12.1 Å². The standard InChI is InChI=1S/C22H28F4N4O4/c1-3-20(4-2,18(31)30-12-22(25,26)13-30)28-19(32)34-16-8-7-15(29-10-21(23,24)11-29)17(27-16)33-9-14-5-6-14/h7-8,14H,3-6,9-13H2,1-2H3,(H,28,32). The molecule has 0 radical (unpaired) electrons. The number of nitrogens with one attached hydrogen (secondary N) is 1. The van der Waals surface area contributed by atoms with Crippen LogP contribution in [0.4, 0.5) is 28.0 Å². The van der Waals surface area contributed by atoms with E-state index in [1.165, 1.54) is 17.0 Å².